The van der Waals surface area contributed by atoms with Gasteiger partial charge in [-0.05, 0) is 6.92 Å². The molecule has 5 nitrogen and oxygen atoms in total. The van der Waals surface area contributed by atoms with Gasteiger partial charge in [0.05, 0.1) is 26.4 Å². The highest BCUT2D eigenvalue weighted by molar-refractivity contribution is 6.15. The fourth-order valence-electron chi connectivity index (χ4n) is 1.25. The summed E-state index contributed by atoms with van der Waals surface area (Å²) in [7, 11) is 1.59. The maximum Gasteiger partial charge on any atom is 0.256 e. The number of carbonyl (C=O) groups excluding carboxylic acids is 2. The first-order valence-electron chi connectivity index (χ1n) is 4.77. The minimum Gasteiger partial charge on any atom is -0.382 e. The normalized spacial score (nSPS) is 16.1. The van der Waals surface area contributed by atoms with Crippen molar-refractivity contribution in [3.63, 3.8) is 0 Å². The van der Waals surface area contributed by atoms with Gasteiger partial charge in [0.2, 0.25) is 0 Å². The summed E-state index contributed by atoms with van der Waals surface area (Å²) >= 11 is 0. The second-order valence-corrected chi connectivity index (χ2v) is 3.23. The van der Waals surface area contributed by atoms with Crippen LogP contribution in [0.5, 0.6) is 0 Å². The lowest BCUT2D eigenvalue weighted by Crippen LogP contribution is -2.34. The number of hydrogen-bond acceptors (Lipinski definition) is 4. The standard InChI is InChI=1S/C10H15NO4/c1-8-7-9(12)11(10(8)13)3-4-15-6-5-14-2/h7H,3-6H2,1-2H3. The highest BCUT2D eigenvalue weighted by atomic mass is 16.5. The van der Waals surface area contributed by atoms with Gasteiger partial charge < -0.3 is 9.47 Å². The molecule has 0 bridgehead atoms. The smallest absolute Gasteiger partial charge is 0.256 e. The molecule has 0 radical (unpaired) electrons. The molecule has 1 rings (SSSR count). The Morgan fingerprint density at radius 3 is 2.53 bits per heavy atom. The summed E-state index contributed by atoms with van der Waals surface area (Å²) in [6.45, 7) is 3.27. The first kappa shape index (κ1) is 11.9. The molecule has 84 valence electrons. The quantitative estimate of drug-likeness (QED) is 0.459. The highest BCUT2D eigenvalue weighted by Crippen LogP contribution is 2.10. The molecule has 1 aliphatic heterocycles. The van der Waals surface area contributed by atoms with Crippen LogP contribution in [0.25, 0.3) is 0 Å². The maximum absolute atomic E-state index is 11.4. The highest BCUT2D eigenvalue weighted by Gasteiger charge is 2.27. The summed E-state index contributed by atoms with van der Waals surface area (Å²) in [5.41, 5.74) is 0.483. The zero-order valence-corrected chi connectivity index (χ0v) is 8.99. The molecule has 1 heterocycles. The molecule has 0 aliphatic carbocycles. The largest absolute Gasteiger partial charge is 0.382 e. The van der Waals surface area contributed by atoms with Crippen molar-refractivity contribution in [1.82, 2.24) is 4.90 Å². The van der Waals surface area contributed by atoms with E-state index in [-0.39, 0.29) is 11.8 Å². The fraction of sp³-hybridized carbons (Fsp3) is 0.600. The predicted octanol–water partition coefficient (Wildman–Crippen LogP) is -0.0355. The molecule has 0 N–H and O–H groups in total. The van der Waals surface area contributed by atoms with Crippen molar-refractivity contribution in [2.75, 3.05) is 33.5 Å². The second-order valence-electron chi connectivity index (χ2n) is 3.23. The molecule has 15 heavy (non-hydrogen) atoms. The SMILES string of the molecule is COCCOCCN1C(=O)C=C(C)C1=O. The van der Waals surface area contributed by atoms with Crippen LogP contribution in [0.4, 0.5) is 0 Å². The molecule has 2 amide bonds. The van der Waals surface area contributed by atoms with Crippen molar-refractivity contribution >= 4 is 11.8 Å². The van der Waals surface area contributed by atoms with Crippen molar-refractivity contribution in [2.45, 2.75) is 6.92 Å². The minimum absolute atomic E-state index is 0.227. The molecular weight excluding hydrogens is 198 g/mol. The van der Waals surface area contributed by atoms with Gasteiger partial charge >= 0.3 is 0 Å². The molecule has 5 heteroatoms. The monoisotopic (exact) mass is 213 g/mol. The number of amides is 2. The van der Waals surface area contributed by atoms with E-state index in [1.807, 2.05) is 0 Å². The second kappa shape index (κ2) is 5.63. The Hall–Kier alpha value is -1.20. The molecule has 0 aromatic heterocycles. The van der Waals surface area contributed by atoms with Crippen molar-refractivity contribution < 1.29 is 19.1 Å². The molecule has 0 atom stereocenters. The topological polar surface area (TPSA) is 55.8 Å². The van der Waals surface area contributed by atoms with Gasteiger partial charge in [-0.3, -0.25) is 14.5 Å². The Morgan fingerprint density at radius 2 is 2.00 bits per heavy atom. The first-order chi connectivity index (χ1) is 7.16. The van der Waals surface area contributed by atoms with E-state index in [0.29, 0.717) is 31.9 Å². The molecule has 1 aliphatic rings. The molecule has 0 saturated carbocycles. The van der Waals surface area contributed by atoms with E-state index in [1.54, 1.807) is 14.0 Å². The van der Waals surface area contributed by atoms with E-state index in [0.717, 1.165) is 0 Å². The summed E-state index contributed by atoms with van der Waals surface area (Å²) < 4.78 is 9.96. The molecule has 0 unspecified atom stereocenters. The van der Waals surface area contributed by atoms with Crippen molar-refractivity contribution in [3.05, 3.63) is 11.6 Å². The molecule has 0 aromatic carbocycles. The average molecular weight is 213 g/mol. The molecule has 0 aromatic rings. The predicted molar refractivity (Wildman–Crippen MR) is 53.2 cm³/mol. The lowest BCUT2D eigenvalue weighted by atomic mass is 10.3. The Kier molecular flexibility index (Phi) is 4.45. The Labute approximate surface area is 88.6 Å². The van der Waals surface area contributed by atoms with E-state index < -0.39 is 0 Å². The third kappa shape index (κ3) is 3.14. The van der Waals surface area contributed by atoms with Gasteiger partial charge in [0.25, 0.3) is 11.8 Å². The van der Waals surface area contributed by atoms with Crippen LogP contribution in [0.1, 0.15) is 6.92 Å². The number of hydrogen-bond donors (Lipinski definition) is 0. The summed E-state index contributed by atoms with van der Waals surface area (Å²) in [4.78, 5) is 23.8. The van der Waals surface area contributed by atoms with E-state index in [9.17, 15) is 9.59 Å². The third-order valence-electron chi connectivity index (χ3n) is 2.08. The maximum atomic E-state index is 11.4. The zero-order valence-electron chi connectivity index (χ0n) is 8.99. The number of nitrogens with zero attached hydrogens (tertiary/aromatic N) is 1. The van der Waals surface area contributed by atoms with Crippen LogP contribution in [0, 0.1) is 0 Å². The van der Waals surface area contributed by atoms with Crippen LogP contribution in [0.15, 0.2) is 11.6 Å². The van der Waals surface area contributed by atoms with E-state index in [4.69, 9.17) is 9.47 Å². The van der Waals surface area contributed by atoms with Crippen LogP contribution in [-0.4, -0.2) is 50.2 Å². The van der Waals surface area contributed by atoms with Crippen molar-refractivity contribution in [1.29, 1.82) is 0 Å². The first-order valence-corrected chi connectivity index (χ1v) is 4.77. The van der Waals surface area contributed by atoms with Gasteiger partial charge in [-0.1, -0.05) is 0 Å². The molecular formula is C10H15NO4. The summed E-state index contributed by atoms with van der Waals surface area (Å²) in [6.07, 6.45) is 1.34. The molecule has 0 spiro atoms. The minimum atomic E-state index is -0.257. The van der Waals surface area contributed by atoms with Crippen molar-refractivity contribution in [2.24, 2.45) is 0 Å². The van der Waals surface area contributed by atoms with Gasteiger partial charge in [0, 0.05) is 18.8 Å². The van der Waals surface area contributed by atoms with Gasteiger partial charge in [-0.2, -0.15) is 0 Å². The summed E-state index contributed by atoms with van der Waals surface area (Å²) in [5, 5.41) is 0. The number of ether oxygens (including phenoxy) is 2. The number of imide groups is 1. The van der Waals surface area contributed by atoms with Crippen LogP contribution < -0.4 is 0 Å². The Balaban J connectivity index is 2.23. The Morgan fingerprint density at radius 1 is 1.27 bits per heavy atom. The van der Waals surface area contributed by atoms with Gasteiger partial charge in [0.1, 0.15) is 0 Å². The van der Waals surface area contributed by atoms with E-state index in [2.05, 4.69) is 0 Å². The van der Waals surface area contributed by atoms with E-state index in [1.165, 1.54) is 11.0 Å². The molecule has 0 saturated heterocycles. The Bertz CT molecular complexity index is 285. The average Bonchev–Trinajstić information content (AvgIpc) is 2.44. The lowest BCUT2D eigenvalue weighted by molar-refractivity contribution is -0.138. The zero-order chi connectivity index (χ0) is 11.3. The van der Waals surface area contributed by atoms with Crippen LogP contribution in [0.2, 0.25) is 0 Å². The molecule has 0 fully saturated rings. The number of carbonyl (C=O) groups is 2. The van der Waals surface area contributed by atoms with Crippen molar-refractivity contribution in [3.8, 4) is 0 Å². The van der Waals surface area contributed by atoms with Crippen LogP contribution in [0.3, 0.4) is 0 Å². The van der Waals surface area contributed by atoms with Crippen LogP contribution in [-0.2, 0) is 19.1 Å². The van der Waals surface area contributed by atoms with Crippen LogP contribution >= 0.6 is 0 Å². The number of rotatable bonds is 6. The number of methoxy groups -OCH3 is 1. The lowest BCUT2D eigenvalue weighted by Gasteiger charge is -2.14. The van der Waals surface area contributed by atoms with Gasteiger partial charge in [0.15, 0.2) is 0 Å². The van der Waals surface area contributed by atoms with Gasteiger partial charge in [-0.25, -0.2) is 0 Å². The van der Waals surface area contributed by atoms with Gasteiger partial charge in [-0.15, -0.1) is 0 Å². The fourth-order valence-corrected chi connectivity index (χ4v) is 1.25. The third-order valence-corrected chi connectivity index (χ3v) is 2.08. The summed E-state index contributed by atoms with van der Waals surface area (Å²) in [6, 6.07) is 0. The summed E-state index contributed by atoms with van der Waals surface area (Å²) in [5.74, 6) is -0.483. The van der Waals surface area contributed by atoms with E-state index >= 15 is 0 Å².